The molecular formula is C18H17N3O. The number of nitrogens with two attached hydrogens (primary N) is 1. The summed E-state index contributed by atoms with van der Waals surface area (Å²) in [5, 5.41) is 4.40. The van der Waals surface area contributed by atoms with Crippen molar-refractivity contribution in [2.24, 2.45) is 5.73 Å². The van der Waals surface area contributed by atoms with E-state index in [0.717, 1.165) is 36.1 Å². The second-order valence-electron chi connectivity index (χ2n) is 5.67. The lowest BCUT2D eigenvalue weighted by Gasteiger charge is -2.18. The van der Waals surface area contributed by atoms with Crippen molar-refractivity contribution in [3.63, 3.8) is 0 Å². The van der Waals surface area contributed by atoms with Gasteiger partial charge in [0.05, 0.1) is 11.1 Å². The van der Waals surface area contributed by atoms with Crippen LogP contribution in [0.5, 0.6) is 0 Å². The van der Waals surface area contributed by atoms with E-state index in [1.165, 1.54) is 11.1 Å². The number of primary amides is 1. The average molecular weight is 291 g/mol. The minimum atomic E-state index is -0.396. The molecule has 4 rings (SSSR count). The highest BCUT2D eigenvalue weighted by Crippen LogP contribution is 2.26. The van der Waals surface area contributed by atoms with Crippen LogP contribution in [-0.4, -0.2) is 17.0 Å². The normalized spacial score (nSPS) is 14.0. The first kappa shape index (κ1) is 13.1. The zero-order chi connectivity index (χ0) is 15.1. The van der Waals surface area contributed by atoms with Gasteiger partial charge in [-0.15, -0.1) is 0 Å². The SMILES string of the molecule is NC(=O)c1cccc2ccn(-c3ccc4c(c3)CCNC4)c12. The molecule has 4 heteroatoms. The number of amides is 1. The first-order valence-corrected chi connectivity index (χ1v) is 7.47. The number of hydrogen-bond donors (Lipinski definition) is 2. The van der Waals surface area contributed by atoms with Gasteiger partial charge in [0.15, 0.2) is 0 Å². The molecule has 3 N–H and O–H groups in total. The summed E-state index contributed by atoms with van der Waals surface area (Å²) < 4.78 is 2.05. The maximum atomic E-state index is 11.7. The van der Waals surface area contributed by atoms with E-state index in [9.17, 15) is 4.79 Å². The molecule has 0 unspecified atom stereocenters. The first-order valence-electron chi connectivity index (χ1n) is 7.47. The number of hydrogen-bond acceptors (Lipinski definition) is 2. The Labute approximate surface area is 128 Å². The Kier molecular flexibility index (Phi) is 2.98. The minimum absolute atomic E-state index is 0.396. The molecule has 0 radical (unpaired) electrons. The summed E-state index contributed by atoms with van der Waals surface area (Å²) in [5.41, 5.74) is 10.8. The molecule has 1 amide bonds. The summed E-state index contributed by atoms with van der Waals surface area (Å²) in [6.07, 6.45) is 3.03. The largest absolute Gasteiger partial charge is 0.366 e. The van der Waals surface area contributed by atoms with Crippen molar-refractivity contribution in [1.29, 1.82) is 0 Å². The number of nitrogens with one attached hydrogen (secondary N) is 1. The molecule has 0 saturated heterocycles. The molecule has 0 spiro atoms. The van der Waals surface area contributed by atoms with E-state index in [1.807, 2.05) is 24.4 Å². The van der Waals surface area contributed by atoms with Crippen molar-refractivity contribution in [3.8, 4) is 5.69 Å². The summed E-state index contributed by atoms with van der Waals surface area (Å²) >= 11 is 0. The van der Waals surface area contributed by atoms with Gasteiger partial charge in [-0.1, -0.05) is 18.2 Å². The van der Waals surface area contributed by atoms with Crippen molar-refractivity contribution < 1.29 is 4.79 Å². The Morgan fingerprint density at radius 1 is 1.14 bits per heavy atom. The molecule has 110 valence electrons. The van der Waals surface area contributed by atoms with E-state index in [1.54, 1.807) is 6.07 Å². The molecule has 3 aromatic rings. The number of carbonyl (C=O) groups excluding carboxylic acids is 1. The number of rotatable bonds is 2. The molecule has 1 aliphatic heterocycles. The van der Waals surface area contributed by atoms with Gasteiger partial charge in [0.1, 0.15) is 0 Å². The van der Waals surface area contributed by atoms with Gasteiger partial charge in [-0.25, -0.2) is 0 Å². The maximum Gasteiger partial charge on any atom is 0.250 e. The lowest BCUT2D eigenvalue weighted by Crippen LogP contribution is -2.23. The van der Waals surface area contributed by atoms with Gasteiger partial charge in [-0.3, -0.25) is 4.79 Å². The molecule has 1 aliphatic rings. The Bertz CT molecular complexity index is 879. The van der Waals surface area contributed by atoms with Crippen molar-refractivity contribution in [1.82, 2.24) is 9.88 Å². The van der Waals surface area contributed by atoms with Crippen LogP contribution in [0.1, 0.15) is 21.5 Å². The van der Waals surface area contributed by atoms with Crippen LogP contribution in [0.25, 0.3) is 16.6 Å². The molecule has 2 heterocycles. The van der Waals surface area contributed by atoms with Gasteiger partial charge in [-0.2, -0.15) is 0 Å². The predicted molar refractivity (Wildman–Crippen MR) is 87.2 cm³/mol. The van der Waals surface area contributed by atoms with Crippen molar-refractivity contribution in [2.75, 3.05) is 6.54 Å². The van der Waals surface area contributed by atoms with Gasteiger partial charge in [-0.05, 0) is 48.4 Å². The molecule has 4 nitrogen and oxygen atoms in total. The summed E-state index contributed by atoms with van der Waals surface area (Å²) in [4.78, 5) is 11.7. The van der Waals surface area contributed by atoms with Crippen LogP contribution >= 0.6 is 0 Å². The highest BCUT2D eigenvalue weighted by Gasteiger charge is 2.14. The van der Waals surface area contributed by atoms with E-state index < -0.39 is 5.91 Å². The molecule has 2 aromatic carbocycles. The fourth-order valence-electron chi connectivity index (χ4n) is 3.22. The van der Waals surface area contributed by atoms with Crippen molar-refractivity contribution in [2.45, 2.75) is 13.0 Å². The van der Waals surface area contributed by atoms with Gasteiger partial charge in [0, 0.05) is 23.8 Å². The van der Waals surface area contributed by atoms with E-state index in [-0.39, 0.29) is 0 Å². The monoisotopic (exact) mass is 291 g/mol. The van der Waals surface area contributed by atoms with Crippen molar-refractivity contribution >= 4 is 16.8 Å². The van der Waals surface area contributed by atoms with Crippen LogP contribution in [0.4, 0.5) is 0 Å². The van der Waals surface area contributed by atoms with Crippen LogP contribution in [0, 0.1) is 0 Å². The highest BCUT2D eigenvalue weighted by atomic mass is 16.1. The summed E-state index contributed by atoms with van der Waals surface area (Å²) in [7, 11) is 0. The van der Waals surface area contributed by atoms with E-state index in [0.29, 0.717) is 5.56 Å². The lowest BCUT2D eigenvalue weighted by atomic mass is 10.0. The summed E-state index contributed by atoms with van der Waals surface area (Å²) in [5.74, 6) is -0.396. The molecule has 0 saturated carbocycles. The molecule has 0 fully saturated rings. The lowest BCUT2D eigenvalue weighted by molar-refractivity contribution is 0.100. The van der Waals surface area contributed by atoms with Crippen LogP contribution < -0.4 is 11.1 Å². The third kappa shape index (κ3) is 2.00. The second kappa shape index (κ2) is 5.00. The highest BCUT2D eigenvalue weighted by molar-refractivity contribution is 6.05. The third-order valence-electron chi connectivity index (χ3n) is 4.33. The Morgan fingerprint density at radius 3 is 2.91 bits per heavy atom. The van der Waals surface area contributed by atoms with Crippen molar-refractivity contribution in [3.05, 3.63) is 65.4 Å². The number of nitrogens with zero attached hydrogens (tertiary/aromatic N) is 1. The van der Waals surface area contributed by atoms with E-state index in [2.05, 4.69) is 28.1 Å². The average Bonchev–Trinajstić information content (AvgIpc) is 2.98. The van der Waals surface area contributed by atoms with E-state index >= 15 is 0 Å². The Morgan fingerprint density at radius 2 is 2.05 bits per heavy atom. The maximum absolute atomic E-state index is 11.7. The quantitative estimate of drug-likeness (QED) is 0.761. The Balaban J connectivity index is 1.93. The Hall–Kier alpha value is -2.59. The first-order chi connectivity index (χ1) is 10.7. The summed E-state index contributed by atoms with van der Waals surface area (Å²) in [6, 6.07) is 14.1. The fourth-order valence-corrected chi connectivity index (χ4v) is 3.22. The van der Waals surface area contributed by atoms with Gasteiger partial charge in [0.25, 0.3) is 5.91 Å². The topological polar surface area (TPSA) is 60.1 Å². The number of carbonyl (C=O) groups is 1. The van der Waals surface area contributed by atoms with Gasteiger partial charge >= 0.3 is 0 Å². The molecule has 0 bridgehead atoms. The van der Waals surface area contributed by atoms with Gasteiger partial charge < -0.3 is 15.6 Å². The number of aromatic nitrogens is 1. The fraction of sp³-hybridized carbons (Fsp3) is 0.167. The third-order valence-corrected chi connectivity index (χ3v) is 4.33. The second-order valence-corrected chi connectivity index (χ2v) is 5.67. The number of fused-ring (bicyclic) bond motifs is 2. The molecule has 1 aromatic heterocycles. The minimum Gasteiger partial charge on any atom is -0.366 e. The smallest absolute Gasteiger partial charge is 0.250 e. The zero-order valence-corrected chi connectivity index (χ0v) is 12.2. The zero-order valence-electron chi connectivity index (χ0n) is 12.2. The van der Waals surface area contributed by atoms with E-state index in [4.69, 9.17) is 5.73 Å². The van der Waals surface area contributed by atoms with Crippen LogP contribution in [0.2, 0.25) is 0 Å². The van der Waals surface area contributed by atoms with Crippen LogP contribution in [0.15, 0.2) is 48.7 Å². The molecule has 0 atom stereocenters. The molecule has 0 aliphatic carbocycles. The standard InChI is InChI=1S/C18H17N3O/c19-18(22)16-3-1-2-12-7-9-21(17(12)16)15-5-4-14-11-20-8-6-13(14)10-15/h1-5,7,9-10,20H,6,8,11H2,(H2,19,22). The molecule has 22 heavy (non-hydrogen) atoms. The molecular weight excluding hydrogens is 274 g/mol. The van der Waals surface area contributed by atoms with Crippen LogP contribution in [0.3, 0.4) is 0 Å². The number of para-hydroxylation sites is 1. The van der Waals surface area contributed by atoms with Crippen LogP contribution in [-0.2, 0) is 13.0 Å². The predicted octanol–water partition coefficient (Wildman–Crippen LogP) is 2.38. The number of benzene rings is 2. The summed E-state index contributed by atoms with van der Waals surface area (Å²) in [6.45, 7) is 1.93. The van der Waals surface area contributed by atoms with Gasteiger partial charge in [0.2, 0.25) is 0 Å².